The van der Waals surface area contributed by atoms with E-state index in [1.54, 1.807) is 0 Å². The average molecular weight is 219 g/mol. The summed E-state index contributed by atoms with van der Waals surface area (Å²) in [5.74, 6) is 1.74. The fraction of sp³-hybridized carbons (Fsp3) is 0.385. The number of hydrogen-bond acceptors (Lipinski definition) is 2. The van der Waals surface area contributed by atoms with Crippen LogP contribution in [-0.2, 0) is 5.75 Å². The summed E-state index contributed by atoms with van der Waals surface area (Å²) in [7, 11) is 0. The van der Waals surface area contributed by atoms with E-state index in [9.17, 15) is 0 Å². The van der Waals surface area contributed by atoms with Crippen LogP contribution in [0.4, 0.5) is 5.69 Å². The number of anilines is 1. The molecule has 0 aromatic heterocycles. The summed E-state index contributed by atoms with van der Waals surface area (Å²) in [6.45, 7) is 3.33. The zero-order valence-corrected chi connectivity index (χ0v) is 9.89. The lowest BCUT2D eigenvalue weighted by Gasteiger charge is -2.14. The van der Waals surface area contributed by atoms with Gasteiger partial charge >= 0.3 is 0 Å². The molecule has 0 bridgehead atoms. The molecule has 1 aliphatic heterocycles. The van der Waals surface area contributed by atoms with E-state index in [0.717, 1.165) is 12.3 Å². The first kappa shape index (κ1) is 10.6. The van der Waals surface area contributed by atoms with Gasteiger partial charge in [-0.2, -0.15) is 0 Å². The van der Waals surface area contributed by atoms with Gasteiger partial charge in [0.05, 0.1) is 0 Å². The van der Waals surface area contributed by atoms with Gasteiger partial charge in [-0.1, -0.05) is 31.2 Å². The first-order valence-electron chi connectivity index (χ1n) is 5.46. The minimum Gasteiger partial charge on any atom is -0.385 e. The second-order valence-corrected chi connectivity index (χ2v) is 4.88. The molecule has 1 unspecified atom stereocenters. The van der Waals surface area contributed by atoms with Crippen LogP contribution in [0.2, 0.25) is 0 Å². The van der Waals surface area contributed by atoms with Gasteiger partial charge in [-0.05, 0) is 29.4 Å². The lowest BCUT2D eigenvalue weighted by molar-refractivity contribution is 0.673. The van der Waals surface area contributed by atoms with Crippen LogP contribution in [0, 0.1) is 5.92 Å². The third kappa shape index (κ3) is 3.03. The first-order chi connectivity index (χ1) is 7.36. The SMILES string of the molecule is CC1/C=C\SCc2ccccc2NCC1. The molecule has 1 heterocycles. The number of para-hydroxylation sites is 1. The Morgan fingerprint density at radius 2 is 2.20 bits per heavy atom. The summed E-state index contributed by atoms with van der Waals surface area (Å²) in [6.07, 6.45) is 3.51. The van der Waals surface area contributed by atoms with Crippen molar-refractivity contribution in [2.75, 3.05) is 11.9 Å². The minimum absolute atomic E-state index is 0.676. The molecule has 0 amide bonds. The molecule has 1 aliphatic rings. The van der Waals surface area contributed by atoms with Crippen LogP contribution in [0.5, 0.6) is 0 Å². The molecule has 80 valence electrons. The Morgan fingerprint density at radius 1 is 1.33 bits per heavy atom. The lowest BCUT2D eigenvalue weighted by Crippen LogP contribution is -2.07. The molecule has 2 heteroatoms. The summed E-state index contributed by atoms with van der Waals surface area (Å²) >= 11 is 1.88. The highest BCUT2D eigenvalue weighted by molar-refractivity contribution is 8.01. The maximum atomic E-state index is 3.52. The number of hydrogen-bond donors (Lipinski definition) is 1. The number of nitrogens with one attached hydrogen (secondary N) is 1. The van der Waals surface area contributed by atoms with E-state index < -0.39 is 0 Å². The second kappa shape index (κ2) is 5.26. The molecule has 2 rings (SSSR count). The van der Waals surface area contributed by atoms with Crippen molar-refractivity contribution >= 4 is 17.4 Å². The van der Waals surface area contributed by atoms with Gasteiger partial charge in [0.1, 0.15) is 0 Å². The van der Waals surface area contributed by atoms with Gasteiger partial charge in [0.2, 0.25) is 0 Å². The number of fused-ring (bicyclic) bond motifs is 1. The van der Waals surface area contributed by atoms with Gasteiger partial charge in [-0.15, -0.1) is 11.8 Å². The second-order valence-electron chi connectivity index (χ2n) is 3.99. The van der Waals surface area contributed by atoms with E-state index >= 15 is 0 Å². The van der Waals surface area contributed by atoms with E-state index in [-0.39, 0.29) is 0 Å². The molecular weight excluding hydrogens is 202 g/mol. The van der Waals surface area contributed by atoms with E-state index in [4.69, 9.17) is 0 Å². The molecule has 1 aromatic carbocycles. The van der Waals surface area contributed by atoms with Crippen LogP contribution in [0.25, 0.3) is 0 Å². The monoisotopic (exact) mass is 219 g/mol. The maximum Gasteiger partial charge on any atom is 0.0381 e. The largest absolute Gasteiger partial charge is 0.385 e. The summed E-state index contributed by atoms with van der Waals surface area (Å²) < 4.78 is 0. The molecular formula is C13H17NS. The fourth-order valence-electron chi connectivity index (χ4n) is 1.68. The number of allylic oxidation sites excluding steroid dienone is 1. The van der Waals surface area contributed by atoms with Gasteiger partial charge in [0.15, 0.2) is 0 Å². The summed E-state index contributed by atoms with van der Waals surface area (Å²) in [5, 5.41) is 5.76. The third-order valence-electron chi connectivity index (χ3n) is 2.67. The smallest absolute Gasteiger partial charge is 0.0381 e. The third-order valence-corrected chi connectivity index (χ3v) is 3.50. The molecule has 1 aromatic rings. The summed E-state index contributed by atoms with van der Waals surface area (Å²) in [6, 6.07) is 8.58. The molecule has 0 fully saturated rings. The highest BCUT2D eigenvalue weighted by Crippen LogP contribution is 2.23. The van der Waals surface area contributed by atoms with Crippen LogP contribution >= 0.6 is 11.8 Å². The Bertz CT molecular complexity index is 346. The van der Waals surface area contributed by atoms with Crippen molar-refractivity contribution in [3.63, 3.8) is 0 Å². The van der Waals surface area contributed by atoms with Gasteiger partial charge in [-0.3, -0.25) is 0 Å². The highest BCUT2D eigenvalue weighted by Gasteiger charge is 2.04. The Balaban J connectivity index is 2.14. The zero-order chi connectivity index (χ0) is 10.5. The molecule has 1 N–H and O–H groups in total. The van der Waals surface area contributed by atoms with E-state index in [1.807, 2.05) is 11.8 Å². The van der Waals surface area contributed by atoms with Gasteiger partial charge in [0, 0.05) is 18.0 Å². The topological polar surface area (TPSA) is 12.0 Å². The van der Waals surface area contributed by atoms with Gasteiger partial charge < -0.3 is 5.32 Å². The molecule has 1 atom stereocenters. The maximum absolute atomic E-state index is 3.52. The standard InChI is InChI=1S/C13H17NS/c1-11-6-8-14-13-5-3-2-4-12(13)10-15-9-7-11/h2-5,7,9,11,14H,6,8,10H2,1H3/b9-7-. The molecule has 0 radical (unpaired) electrons. The molecule has 15 heavy (non-hydrogen) atoms. The van der Waals surface area contributed by atoms with E-state index in [2.05, 4.69) is 48.0 Å². The quantitative estimate of drug-likeness (QED) is 0.710. The molecule has 1 nitrogen and oxygen atoms in total. The van der Waals surface area contributed by atoms with E-state index in [0.29, 0.717) is 5.92 Å². The summed E-state index contributed by atoms with van der Waals surface area (Å²) in [4.78, 5) is 0. The first-order valence-corrected chi connectivity index (χ1v) is 6.51. The average Bonchev–Trinajstić information content (AvgIpc) is 2.26. The normalized spacial score (nSPS) is 23.7. The summed E-state index contributed by atoms with van der Waals surface area (Å²) in [5.41, 5.74) is 2.70. The molecule has 0 saturated carbocycles. The van der Waals surface area contributed by atoms with Crippen LogP contribution in [-0.4, -0.2) is 6.54 Å². The van der Waals surface area contributed by atoms with Gasteiger partial charge in [0.25, 0.3) is 0 Å². The molecule has 0 saturated heterocycles. The fourth-order valence-corrected chi connectivity index (χ4v) is 2.58. The zero-order valence-electron chi connectivity index (χ0n) is 9.07. The van der Waals surface area contributed by atoms with E-state index in [1.165, 1.54) is 17.7 Å². The Labute approximate surface area is 96.0 Å². The van der Waals surface area contributed by atoms with Crippen molar-refractivity contribution in [3.8, 4) is 0 Å². The Hall–Kier alpha value is -0.890. The van der Waals surface area contributed by atoms with Crippen molar-refractivity contribution in [3.05, 3.63) is 41.3 Å². The van der Waals surface area contributed by atoms with Crippen LogP contribution in [0.15, 0.2) is 35.7 Å². The minimum atomic E-state index is 0.676. The van der Waals surface area contributed by atoms with Crippen LogP contribution in [0.3, 0.4) is 0 Å². The van der Waals surface area contributed by atoms with Crippen molar-refractivity contribution in [2.45, 2.75) is 19.1 Å². The van der Waals surface area contributed by atoms with Crippen LogP contribution < -0.4 is 5.32 Å². The van der Waals surface area contributed by atoms with Crippen molar-refractivity contribution in [1.29, 1.82) is 0 Å². The number of rotatable bonds is 0. The predicted molar refractivity (Wildman–Crippen MR) is 69.1 cm³/mol. The van der Waals surface area contributed by atoms with Crippen molar-refractivity contribution < 1.29 is 0 Å². The Kier molecular flexibility index (Phi) is 3.73. The van der Waals surface area contributed by atoms with Gasteiger partial charge in [-0.25, -0.2) is 0 Å². The predicted octanol–water partition coefficient (Wildman–Crippen LogP) is 3.89. The highest BCUT2D eigenvalue weighted by atomic mass is 32.2. The lowest BCUT2D eigenvalue weighted by atomic mass is 10.1. The van der Waals surface area contributed by atoms with Crippen molar-refractivity contribution in [2.24, 2.45) is 5.92 Å². The number of benzene rings is 1. The van der Waals surface area contributed by atoms with Crippen LogP contribution in [0.1, 0.15) is 18.9 Å². The Morgan fingerprint density at radius 3 is 3.13 bits per heavy atom. The van der Waals surface area contributed by atoms with Crippen molar-refractivity contribution in [1.82, 2.24) is 0 Å². The molecule has 0 aliphatic carbocycles. The number of thioether (sulfide) groups is 1. The molecule has 0 spiro atoms.